The van der Waals surface area contributed by atoms with Gasteiger partial charge in [0, 0.05) is 0 Å². The van der Waals surface area contributed by atoms with E-state index in [0.717, 1.165) is 0 Å². The van der Waals surface area contributed by atoms with Gasteiger partial charge in [0.05, 0.1) is 18.2 Å². The summed E-state index contributed by atoms with van der Waals surface area (Å²) in [6, 6.07) is 11.7. The van der Waals surface area contributed by atoms with Crippen molar-refractivity contribution in [2.75, 3.05) is 0 Å². The molecule has 0 heterocycles. The largest absolute Gasteiger partial charge is 0.478 e. The zero-order valence-electron chi connectivity index (χ0n) is 11.5. The van der Waals surface area contributed by atoms with Crippen LogP contribution in [-0.4, -0.2) is 23.2 Å². The van der Waals surface area contributed by atoms with Crippen molar-refractivity contribution >= 4 is 18.1 Å². The number of benzene rings is 2. The van der Waals surface area contributed by atoms with Crippen molar-refractivity contribution in [1.82, 2.24) is 5.43 Å². The van der Waals surface area contributed by atoms with E-state index in [1.54, 1.807) is 12.1 Å². The Balaban J connectivity index is 1.87. The van der Waals surface area contributed by atoms with Crippen LogP contribution in [0.2, 0.25) is 0 Å². The summed E-state index contributed by atoms with van der Waals surface area (Å²) in [5.74, 6) is -1.69. The SMILES string of the molecule is O=C(Cc1ccc(F)cc1)NN=Cc1ccc(C(=O)O)cc1. The van der Waals surface area contributed by atoms with Crippen LogP contribution in [0.4, 0.5) is 4.39 Å². The Kier molecular flexibility index (Phi) is 4.98. The van der Waals surface area contributed by atoms with Crippen LogP contribution < -0.4 is 5.43 Å². The lowest BCUT2D eigenvalue weighted by Gasteiger charge is -2.00. The molecule has 0 radical (unpaired) electrons. The van der Waals surface area contributed by atoms with Crippen LogP contribution in [0, 0.1) is 5.82 Å². The van der Waals surface area contributed by atoms with Crippen LogP contribution >= 0.6 is 0 Å². The second kappa shape index (κ2) is 7.12. The van der Waals surface area contributed by atoms with E-state index in [1.807, 2.05) is 0 Å². The number of nitrogens with zero attached hydrogens (tertiary/aromatic N) is 1. The Morgan fingerprint density at radius 3 is 2.32 bits per heavy atom. The minimum absolute atomic E-state index is 0.0928. The molecule has 5 nitrogen and oxygen atoms in total. The van der Waals surface area contributed by atoms with E-state index in [4.69, 9.17) is 5.11 Å². The standard InChI is InChI=1S/C16H13FN2O3/c17-14-7-3-11(4-8-14)9-15(20)19-18-10-12-1-5-13(6-2-12)16(21)22/h1-8,10H,9H2,(H,19,20)(H,21,22). The summed E-state index contributed by atoms with van der Waals surface area (Å²) in [4.78, 5) is 22.3. The first-order chi connectivity index (χ1) is 10.5. The first-order valence-electron chi connectivity index (χ1n) is 6.44. The molecule has 2 N–H and O–H groups in total. The van der Waals surface area contributed by atoms with Crippen LogP contribution in [0.1, 0.15) is 21.5 Å². The number of amides is 1. The van der Waals surface area contributed by atoms with Crippen LogP contribution in [-0.2, 0) is 11.2 Å². The number of carboxylic acid groups (broad SMARTS) is 1. The fourth-order valence-electron chi connectivity index (χ4n) is 1.72. The van der Waals surface area contributed by atoms with Crippen molar-refractivity contribution in [2.24, 2.45) is 5.10 Å². The molecule has 2 aromatic rings. The van der Waals surface area contributed by atoms with E-state index in [9.17, 15) is 14.0 Å². The molecule has 0 spiro atoms. The number of carbonyl (C=O) groups excluding carboxylic acids is 1. The average Bonchev–Trinajstić information content (AvgIpc) is 2.50. The van der Waals surface area contributed by atoms with Gasteiger partial charge in [0.1, 0.15) is 5.82 Å². The van der Waals surface area contributed by atoms with E-state index in [0.29, 0.717) is 11.1 Å². The topological polar surface area (TPSA) is 78.8 Å². The van der Waals surface area contributed by atoms with Gasteiger partial charge in [-0.25, -0.2) is 14.6 Å². The number of nitrogens with one attached hydrogen (secondary N) is 1. The van der Waals surface area contributed by atoms with Gasteiger partial charge >= 0.3 is 5.97 Å². The number of rotatable bonds is 5. The number of carbonyl (C=O) groups is 2. The Morgan fingerprint density at radius 2 is 1.73 bits per heavy atom. The van der Waals surface area contributed by atoms with Crippen molar-refractivity contribution in [1.29, 1.82) is 0 Å². The number of carboxylic acids is 1. The van der Waals surface area contributed by atoms with Gasteiger partial charge in [-0.3, -0.25) is 4.79 Å². The van der Waals surface area contributed by atoms with Crippen molar-refractivity contribution in [3.63, 3.8) is 0 Å². The first-order valence-corrected chi connectivity index (χ1v) is 6.44. The van der Waals surface area contributed by atoms with Gasteiger partial charge < -0.3 is 5.11 Å². The highest BCUT2D eigenvalue weighted by Crippen LogP contribution is 2.04. The number of hydrazone groups is 1. The Labute approximate surface area is 126 Å². The van der Waals surface area contributed by atoms with E-state index >= 15 is 0 Å². The second-order valence-corrected chi connectivity index (χ2v) is 4.52. The van der Waals surface area contributed by atoms with Crippen LogP contribution in [0.3, 0.4) is 0 Å². The molecule has 0 aliphatic rings. The fourth-order valence-corrected chi connectivity index (χ4v) is 1.72. The van der Waals surface area contributed by atoms with Crippen LogP contribution in [0.5, 0.6) is 0 Å². The van der Waals surface area contributed by atoms with Crippen LogP contribution in [0.25, 0.3) is 0 Å². The highest BCUT2D eigenvalue weighted by molar-refractivity contribution is 5.89. The highest BCUT2D eigenvalue weighted by atomic mass is 19.1. The summed E-state index contributed by atoms with van der Waals surface area (Å²) in [5, 5.41) is 12.6. The molecule has 0 atom stereocenters. The maximum atomic E-state index is 12.7. The zero-order valence-corrected chi connectivity index (χ0v) is 11.5. The molecule has 0 aliphatic heterocycles. The molecule has 0 aromatic heterocycles. The maximum absolute atomic E-state index is 12.7. The lowest BCUT2D eigenvalue weighted by Crippen LogP contribution is -2.19. The third-order valence-electron chi connectivity index (χ3n) is 2.84. The van der Waals surface area contributed by atoms with Gasteiger partial charge in [-0.2, -0.15) is 5.10 Å². The molecule has 1 amide bonds. The fraction of sp³-hybridized carbons (Fsp3) is 0.0625. The number of hydrogen-bond donors (Lipinski definition) is 2. The van der Waals surface area contributed by atoms with Gasteiger partial charge in [-0.15, -0.1) is 0 Å². The second-order valence-electron chi connectivity index (χ2n) is 4.52. The van der Waals surface area contributed by atoms with Crippen LogP contribution in [0.15, 0.2) is 53.6 Å². The maximum Gasteiger partial charge on any atom is 0.335 e. The molecule has 2 aromatic carbocycles. The predicted octanol–water partition coefficient (Wildman–Crippen LogP) is 2.22. The molecule has 0 saturated heterocycles. The van der Waals surface area contributed by atoms with Crippen molar-refractivity contribution in [3.8, 4) is 0 Å². The van der Waals surface area contributed by atoms with Gasteiger partial charge in [-0.1, -0.05) is 24.3 Å². The lowest BCUT2D eigenvalue weighted by atomic mass is 10.1. The van der Waals surface area contributed by atoms with Crippen molar-refractivity contribution in [3.05, 3.63) is 71.0 Å². The number of hydrogen-bond acceptors (Lipinski definition) is 3. The zero-order chi connectivity index (χ0) is 15.9. The number of halogens is 1. The molecule has 22 heavy (non-hydrogen) atoms. The average molecular weight is 300 g/mol. The van der Waals surface area contributed by atoms with E-state index in [1.165, 1.54) is 42.6 Å². The molecule has 0 unspecified atom stereocenters. The summed E-state index contributed by atoms with van der Waals surface area (Å²) < 4.78 is 12.7. The van der Waals surface area contributed by atoms with E-state index in [2.05, 4.69) is 10.5 Å². The molecular formula is C16H13FN2O3. The van der Waals surface area contributed by atoms with Gasteiger partial charge in [0.2, 0.25) is 5.91 Å². The monoisotopic (exact) mass is 300 g/mol. The van der Waals surface area contributed by atoms with Crippen molar-refractivity contribution < 1.29 is 19.1 Å². The summed E-state index contributed by atoms with van der Waals surface area (Å²) >= 11 is 0. The predicted molar refractivity (Wildman–Crippen MR) is 79.2 cm³/mol. The molecule has 0 aliphatic carbocycles. The third kappa shape index (κ3) is 4.52. The summed E-state index contributed by atoms with van der Waals surface area (Å²) in [6.07, 6.45) is 1.50. The molecular weight excluding hydrogens is 287 g/mol. The minimum Gasteiger partial charge on any atom is -0.478 e. The quantitative estimate of drug-likeness (QED) is 0.656. The molecule has 6 heteroatoms. The van der Waals surface area contributed by atoms with Gasteiger partial charge in [0.25, 0.3) is 0 Å². The minimum atomic E-state index is -1.00. The molecule has 112 valence electrons. The summed E-state index contributed by atoms with van der Waals surface area (Å²) in [7, 11) is 0. The Hall–Kier alpha value is -3.02. The van der Waals surface area contributed by atoms with Gasteiger partial charge in [0.15, 0.2) is 0 Å². The van der Waals surface area contributed by atoms with Gasteiger partial charge in [-0.05, 0) is 35.4 Å². The molecule has 2 rings (SSSR count). The van der Waals surface area contributed by atoms with Crippen molar-refractivity contribution in [2.45, 2.75) is 6.42 Å². The lowest BCUT2D eigenvalue weighted by molar-refractivity contribution is -0.120. The first kappa shape index (κ1) is 15.4. The molecule has 0 saturated carbocycles. The third-order valence-corrected chi connectivity index (χ3v) is 2.84. The normalized spacial score (nSPS) is 10.6. The molecule has 0 fully saturated rings. The highest BCUT2D eigenvalue weighted by Gasteiger charge is 2.03. The number of aromatic carboxylic acids is 1. The van der Waals surface area contributed by atoms with E-state index < -0.39 is 5.97 Å². The summed E-state index contributed by atoms with van der Waals surface area (Å²) in [5.41, 5.74) is 3.87. The Morgan fingerprint density at radius 1 is 1.09 bits per heavy atom. The summed E-state index contributed by atoms with van der Waals surface area (Å²) in [6.45, 7) is 0. The smallest absolute Gasteiger partial charge is 0.335 e. The molecule has 0 bridgehead atoms. The Bertz CT molecular complexity index is 694. The van der Waals surface area contributed by atoms with E-state index in [-0.39, 0.29) is 23.7 Å².